The van der Waals surface area contributed by atoms with Crippen molar-refractivity contribution in [2.24, 2.45) is 16.8 Å². The molecule has 1 saturated carbocycles. The van der Waals surface area contributed by atoms with Gasteiger partial charge in [0.25, 0.3) is 0 Å². The molecule has 7 heteroatoms. The van der Waals surface area contributed by atoms with Crippen LogP contribution in [0.1, 0.15) is 52.9 Å². The average molecular weight is 493 g/mol. The van der Waals surface area contributed by atoms with Crippen molar-refractivity contribution in [3.05, 3.63) is 0 Å². The number of nitrogens with zero attached hydrogens (tertiary/aromatic N) is 3. The second kappa shape index (κ2) is 13.6. The number of piperazine rings is 1. The second-order valence-corrected chi connectivity index (χ2v) is 7.62. The Bertz CT molecular complexity index is 444. The van der Waals surface area contributed by atoms with Crippen LogP contribution in [0.25, 0.3) is 0 Å². The Kier molecular flexibility index (Phi) is 12.3. The quantitative estimate of drug-likeness (QED) is 0.295. The van der Waals surface area contributed by atoms with E-state index >= 15 is 0 Å². The third kappa shape index (κ3) is 8.13. The van der Waals surface area contributed by atoms with E-state index in [0.717, 1.165) is 71.2 Å². The summed E-state index contributed by atoms with van der Waals surface area (Å²) in [7, 11) is 0. The molecule has 0 aromatic heterocycles. The summed E-state index contributed by atoms with van der Waals surface area (Å²) >= 11 is 0. The number of hydrogen-bond donors (Lipinski definition) is 2. The number of hydrogen-bond acceptors (Lipinski definition) is 3. The number of carbonyl (C=O) groups is 1. The summed E-state index contributed by atoms with van der Waals surface area (Å²) in [5.41, 5.74) is 0. The van der Waals surface area contributed by atoms with E-state index in [1.165, 1.54) is 19.3 Å². The van der Waals surface area contributed by atoms with Crippen LogP contribution in [0.15, 0.2) is 4.99 Å². The number of guanidine groups is 1. The zero-order chi connectivity index (χ0) is 18.8. The van der Waals surface area contributed by atoms with E-state index in [1.807, 2.05) is 0 Å². The van der Waals surface area contributed by atoms with Crippen molar-refractivity contribution in [1.82, 2.24) is 20.4 Å². The van der Waals surface area contributed by atoms with Crippen LogP contribution in [0.2, 0.25) is 0 Å². The lowest BCUT2D eigenvalue weighted by Crippen LogP contribution is -2.52. The van der Waals surface area contributed by atoms with E-state index in [1.54, 1.807) is 0 Å². The Morgan fingerprint density at radius 2 is 1.74 bits per heavy atom. The van der Waals surface area contributed by atoms with Crippen LogP contribution in [-0.2, 0) is 4.79 Å². The Morgan fingerprint density at radius 1 is 1.07 bits per heavy atom. The molecule has 0 atom stereocenters. The smallest absolute Gasteiger partial charge is 0.225 e. The molecule has 0 spiro atoms. The zero-order valence-corrected chi connectivity index (χ0v) is 19.8. The van der Waals surface area contributed by atoms with Gasteiger partial charge >= 0.3 is 0 Å². The molecule has 0 unspecified atom stereocenters. The van der Waals surface area contributed by atoms with Crippen LogP contribution in [0.4, 0.5) is 0 Å². The van der Waals surface area contributed by atoms with Gasteiger partial charge in [0.1, 0.15) is 0 Å². The fourth-order valence-electron chi connectivity index (χ4n) is 3.55. The standard InChI is InChI=1S/C20H39N5O.HI/c1-4-17(5-2)16-23-20(21-6-3)22-10-11-24-12-14-25(15-13-24)19(26)18-8-7-9-18;/h17-18H,4-16H2,1-3H3,(H2,21,22,23);1H. The first-order valence-corrected chi connectivity index (χ1v) is 10.7. The van der Waals surface area contributed by atoms with E-state index < -0.39 is 0 Å². The lowest BCUT2D eigenvalue weighted by atomic mass is 9.84. The summed E-state index contributed by atoms with van der Waals surface area (Å²) in [4.78, 5) is 21.6. The van der Waals surface area contributed by atoms with Crippen molar-refractivity contribution in [2.75, 3.05) is 52.4 Å². The fraction of sp³-hybridized carbons (Fsp3) is 0.900. The van der Waals surface area contributed by atoms with E-state index in [-0.39, 0.29) is 24.0 Å². The SMILES string of the molecule is CCNC(=NCC(CC)CC)NCCN1CCN(C(=O)C2CCC2)CC1.I. The molecule has 158 valence electrons. The van der Waals surface area contributed by atoms with Gasteiger partial charge in [0.2, 0.25) is 5.91 Å². The van der Waals surface area contributed by atoms with Gasteiger partial charge in [-0.05, 0) is 25.7 Å². The van der Waals surface area contributed by atoms with E-state index in [9.17, 15) is 4.79 Å². The molecule has 1 heterocycles. The maximum atomic E-state index is 12.3. The lowest BCUT2D eigenvalue weighted by Gasteiger charge is -2.38. The lowest BCUT2D eigenvalue weighted by molar-refractivity contribution is -0.139. The highest BCUT2D eigenvalue weighted by atomic mass is 127. The molecule has 0 radical (unpaired) electrons. The third-order valence-electron chi connectivity index (χ3n) is 5.87. The summed E-state index contributed by atoms with van der Waals surface area (Å²) in [5, 5.41) is 6.80. The zero-order valence-electron chi connectivity index (χ0n) is 17.5. The highest BCUT2D eigenvalue weighted by Gasteiger charge is 2.30. The summed E-state index contributed by atoms with van der Waals surface area (Å²) in [6.45, 7) is 14.0. The topological polar surface area (TPSA) is 60.0 Å². The molecule has 2 fully saturated rings. The summed E-state index contributed by atoms with van der Waals surface area (Å²) in [6.07, 6.45) is 5.81. The normalized spacial score (nSPS) is 18.8. The molecule has 0 aromatic rings. The van der Waals surface area contributed by atoms with Crippen molar-refractivity contribution in [1.29, 1.82) is 0 Å². The number of amides is 1. The first-order chi connectivity index (χ1) is 12.7. The van der Waals surface area contributed by atoms with Crippen LogP contribution in [0.3, 0.4) is 0 Å². The van der Waals surface area contributed by atoms with Gasteiger partial charge in [-0.15, -0.1) is 24.0 Å². The molecule has 0 bridgehead atoms. The third-order valence-corrected chi connectivity index (χ3v) is 5.87. The Hall–Kier alpha value is -0.570. The van der Waals surface area contributed by atoms with E-state index in [2.05, 4.69) is 41.2 Å². The van der Waals surface area contributed by atoms with Gasteiger partial charge in [-0.25, -0.2) is 0 Å². The van der Waals surface area contributed by atoms with Gasteiger partial charge in [0.05, 0.1) is 0 Å². The van der Waals surface area contributed by atoms with Crippen molar-refractivity contribution in [3.63, 3.8) is 0 Å². The molecule has 2 aliphatic rings. The Morgan fingerprint density at radius 3 is 2.26 bits per heavy atom. The van der Waals surface area contributed by atoms with Gasteiger partial charge in [-0.2, -0.15) is 0 Å². The first-order valence-electron chi connectivity index (χ1n) is 10.7. The minimum Gasteiger partial charge on any atom is -0.357 e. The summed E-state index contributed by atoms with van der Waals surface area (Å²) < 4.78 is 0. The van der Waals surface area contributed by atoms with Crippen molar-refractivity contribution in [3.8, 4) is 0 Å². The van der Waals surface area contributed by atoms with Crippen LogP contribution >= 0.6 is 24.0 Å². The molecule has 1 aliphatic carbocycles. The van der Waals surface area contributed by atoms with Gasteiger partial charge < -0.3 is 15.5 Å². The molecule has 1 aliphatic heterocycles. The molecule has 0 aromatic carbocycles. The highest BCUT2D eigenvalue weighted by molar-refractivity contribution is 14.0. The van der Waals surface area contributed by atoms with Crippen LogP contribution < -0.4 is 10.6 Å². The van der Waals surface area contributed by atoms with E-state index in [0.29, 0.717) is 17.7 Å². The maximum Gasteiger partial charge on any atom is 0.225 e. The van der Waals surface area contributed by atoms with Crippen LogP contribution in [0.5, 0.6) is 0 Å². The van der Waals surface area contributed by atoms with Crippen molar-refractivity contribution < 1.29 is 4.79 Å². The number of nitrogens with one attached hydrogen (secondary N) is 2. The van der Waals surface area contributed by atoms with Crippen LogP contribution in [0, 0.1) is 11.8 Å². The Labute approximate surface area is 182 Å². The van der Waals surface area contributed by atoms with Gasteiger partial charge in [-0.3, -0.25) is 14.7 Å². The number of carbonyl (C=O) groups excluding carboxylic acids is 1. The largest absolute Gasteiger partial charge is 0.357 e. The van der Waals surface area contributed by atoms with Crippen LogP contribution in [-0.4, -0.2) is 74.0 Å². The predicted molar refractivity (Wildman–Crippen MR) is 124 cm³/mol. The Balaban J connectivity index is 0.00000364. The molecule has 1 amide bonds. The number of halogens is 1. The molecule has 2 rings (SSSR count). The molecule has 6 nitrogen and oxygen atoms in total. The molecular weight excluding hydrogens is 453 g/mol. The van der Waals surface area contributed by atoms with Gasteiger partial charge in [0.15, 0.2) is 5.96 Å². The monoisotopic (exact) mass is 493 g/mol. The number of rotatable bonds is 9. The summed E-state index contributed by atoms with van der Waals surface area (Å²) in [5.74, 6) is 2.33. The highest BCUT2D eigenvalue weighted by Crippen LogP contribution is 2.28. The van der Waals surface area contributed by atoms with Gasteiger partial charge in [0, 0.05) is 58.3 Å². The molecule has 27 heavy (non-hydrogen) atoms. The minimum absolute atomic E-state index is 0. The first kappa shape index (κ1) is 24.5. The van der Waals surface area contributed by atoms with Crippen molar-refractivity contribution >= 4 is 35.8 Å². The average Bonchev–Trinajstić information content (AvgIpc) is 2.61. The number of aliphatic imine (C=N–C) groups is 1. The molecular formula is C20H40IN5O. The summed E-state index contributed by atoms with van der Waals surface area (Å²) in [6, 6.07) is 0. The predicted octanol–water partition coefficient (Wildman–Crippen LogP) is 2.54. The van der Waals surface area contributed by atoms with Crippen molar-refractivity contribution in [2.45, 2.75) is 52.9 Å². The second-order valence-electron chi connectivity index (χ2n) is 7.62. The molecule has 1 saturated heterocycles. The van der Waals surface area contributed by atoms with Gasteiger partial charge in [-0.1, -0.05) is 33.1 Å². The van der Waals surface area contributed by atoms with E-state index in [4.69, 9.17) is 4.99 Å². The molecule has 2 N–H and O–H groups in total. The minimum atomic E-state index is 0. The maximum absolute atomic E-state index is 12.3. The fourth-order valence-corrected chi connectivity index (χ4v) is 3.55.